The van der Waals surface area contributed by atoms with E-state index in [-0.39, 0.29) is 11.9 Å². The zero-order chi connectivity index (χ0) is 18.3. The molecule has 8 heteroatoms. The molecule has 1 amide bonds. The molecule has 0 radical (unpaired) electrons. The summed E-state index contributed by atoms with van der Waals surface area (Å²) in [4.78, 5) is 23.4. The van der Waals surface area contributed by atoms with Gasteiger partial charge in [-0.15, -0.1) is 0 Å². The van der Waals surface area contributed by atoms with Gasteiger partial charge in [-0.1, -0.05) is 0 Å². The van der Waals surface area contributed by atoms with E-state index < -0.39 is 0 Å². The summed E-state index contributed by atoms with van der Waals surface area (Å²) in [6.07, 6.45) is 4.99. The maximum atomic E-state index is 12.7. The molecule has 132 valence electrons. The van der Waals surface area contributed by atoms with Crippen LogP contribution in [-0.4, -0.2) is 40.3 Å². The van der Waals surface area contributed by atoms with Gasteiger partial charge < -0.3 is 9.47 Å². The predicted octanol–water partition coefficient (Wildman–Crippen LogP) is 2.61. The molecule has 1 atom stereocenters. The minimum Gasteiger partial charge on any atom is -0.491 e. The number of nitrogens with zero attached hydrogens (tertiary/aromatic N) is 4. The number of hydrogen-bond donors (Lipinski definition) is 1. The molecule has 1 aliphatic heterocycles. The van der Waals surface area contributed by atoms with E-state index in [0.29, 0.717) is 22.9 Å². The highest BCUT2D eigenvalue weighted by atomic mass is 16.5. The molecule has 0 aromatic carbocycles. The van der Waals surface area contributed by atoms with Crippen molar-refractivity contribution < 1.29 is 14.3 Å². The fourth-order valence-electron chi connectivity index (χ4n) is 3.15. The summed E-state index contributed by atoms with van der Waals surface area (Å²) in [5, 5.41) is 6.66. The second kappa shape index (κ2) is 6.14. The highest BCUT2D eigenvalue weighted by Gasteiger charge is 2.37. The number of pyridine rings is 2. The number of anilines is 1. The Balaban J connectivity index is 1.75. The number of carbonyl (C=O) groups is 1. The zero-order valence-electron chi connectivity index (χ0n) is 14.6. The molecule has 0 fully saturated rings. The number of aromatic nitrogens is 4. The lowest BCUT2D eigenvalue weighted by atomic mass is 10.1. The molecular weight excluding hydrogens is 334 g/mol. The molecule has 0 saturated heterocycles. The number of nitrogens with one attached hydrogen (secondary N) is 1. The molecule has 0 saturated carbocycles. The van der Waals surface area contributed by atoms with Crippen molar-refractivity contribution in [2.45, 2.75) is 13.0 Å². The number of carbonyl (C=O) groups excluding carboxylic acids is 1. The summed E-state index contributed by atoms with van der Waals surface area (Å²) in [6.45, 7) is 1.94. The molecule has 26 heavy (non-hydrogen) atoms. The monoisotopic (exact) mass is 351 g/mol. The van der Waals surface area contributed by atoms with Gasteiger partial charge in [-0.2, -0.15) is 5.10 Å². The Morgan fingerprint density at radius 3 is 2.73 bits per heavy atom. The highest BCUT2D eigenvalue weighted by Crippen LogP contribution is 2.37. The molecule has 0 aliphatic carbocycles. The van der Waals surface area contributed by atoms with E-state index in [1.165, 1.54) is 7.11 Å². The van der Waals surface area contributed by atoms with Crippen LogP contribution in [0.4, 0.5) is 5.69 Å². The van der Waals surface area contributed by atoms with E-state index in [0.717, 1.165) is 16.9 Å². The number of H-pyrrole nitrogens is 1. The van der Waals surface area contributed by atoms with Crippen LogP contribution in [0.25, 0.3) is 11.3 Å². The third-order valence-electron chi connectivity index (χ3n) is 4.45. The first-order valence-electron chi connectivity index (χ1n) is 8.05. The summed E-state index contributed by atoms with van der Waals surface area (Å²) in [5.74, 6) is 0.849. The van der Waals surface area contributed by atoms with Crippen LogP contribution in [0.1, 0.15) is 29.0 Å². The average molecular weight is 351 g/mol. The van der Waals surface area contributed by atoms with Crippen molar-refractivity contribution in [1.82, 2.24) is 20.2 Å². The van der Waals surface area contributed by atoms with Crippen molar-refractivity contribution in [1.29, 1.82) is 0 Å². The van der Waals surface area contributed by atoms with Crippen molar-refractivity contribution >= 4 is 11.6 Å². The van der Waals surface area contributed by atoms with Crippen LogP contribution in [0, 0.1) is 0 Å². The van der Waals surface area contributed by atoms with Crippen LogP contribution >= 0.6 is 0 Å². The maximum Gasteiger partial charge on any atom is 0.260 e. The Labute approximate surface area is 149 Å². The van der Waals surface area contributed by atoms with Crippen LogP contribution in [0.15, 0.2) is 36.8 Å². The number of rotatable bonds is 4. The topological polar surface area (TPSA) is 93.2 Å². The molecule has 0 spiro atoms. The van der Waals surface area contributed by atoms with Crippen molar-refractivity contribution in [3.05, 3.63) is 48.0 Å². The second-order valence-corrected chi connectivity index (χ2v) is 5.87. The van der Waals surface area contributed by atoms with Gasteiger partial charge in [-0.25, -0.2) is 9.97 Å². The Bertz CT molecular complexity index is 971. The second-order valence-electron chi connectivity index (χ2n) is 5.87. The minimum atomic E-state index is -0.192. The van der Waals surface area contributed by atoms with E-state index in [1.807, 2.05) is 19.1 Å². The van der Waals surface area contributed by atoms with Crippen LogP contribution in [0.2, 0.25) is 0 Å². The third-order valence-corrected chi connectivity index (χ3v) is 4.45. The molecule has 1 N–H and O–H groups in total. The lowest BCUT2D eigenvalue weighted by Crippen LogP contribution is -2.25. The summed E-state index contributed by atoms with van der Waals surface area (Å²) in [6, 6.07) is 5.23. The minimum absolute atomic E-state index is 0.0848. The Kier molecular flexibility index (Phi) is 3.80. The Hall–Kier alpha value is -3.42. The van der Waals surface area contributed by atoms with Gasteiger partial charge >= 0.3 is 0 Å². The normalized spacial score (nSPS) is 15.9. The SMILES string of the molecule is COc1cc(-c2ccc3c(n2)C(C)N(c2cn[nH]c2)C3=O)cnc1OC. The van der Waals surface area contributed by atoms with Crippen molar-refractivity contribution in [3.8, 4) is 22.9 Å². The largest absolute Gasteiger partial charge is 0.491 e. The van der Waals surface area contributed by atoms with E-state index in [9.17, 15) is 4.79 Å². The fraction of sp³-hybridized carbons (Fsp3) is 0.222. The number of amides is 1. The van der Waals surface area contributed by atoms with Crippen LogP contribution < -0.4 is 14.4 Å². The van der Waals surface area contributed by atoms with Gasteiger partial charge in [-0.05, 0) is 25.1 Å². The predicted molar refractivity (Wildman–Crippen MR) is 94.4 cm³/mol. The first-order chi connectivity index (χ1) is 12.6. The zero-order valence-corrected chi connectivity index (χ0v) is 14.6. The molecule has 1 aliphatic rings. The van der Waals surface area contributed by atoms with E-state index in [2.05, 4.69) is 15.2 Å². The molecule has 0 bridgehead atoms. The van der Waals surface area contributed by atoms with E-state index in [1.54, 1.807) is 36.7 Å². The quantitative estimate of drug-likeness (QED) is 0.777. The number of ether oxygens (including phenoxy) is 2. The lowest BCUT2D eigenvalue weighted by Gasteiger charge is -2.19. The van der Waals surface area contributed by atoms with Gasteiger partial charge in [0.05, 0.1) is 49.1 Å². The Morgan fingerprint density at radius 2 is 2.04 bits per heavy atom. The standard InChI is InChI=1S/C18H17N5O3/c1-10-16-13(18(24)23(10)12-8-20-21-9-12)4-5-14(22-16)11-6-15(25-2)17(26-3)19-7-11/h4-10H,1-3H3,(H,20,21). The van der Waals surface area contributed by atoms with Gasteiger partial charge in [0.25, 0.3) is 11.8 Å². The highest BCUT2D eigenvalue weighted by molar-refractivity contribution is 6.10. The lowest BCUT2D eigenvalue weighted by molar-refractivity contribution is 0.0992. The molecule has 4 rings (SSSR count). The summed E-state index contributed by atoms with van der Waals surface area (Å²) >= 11 is 0. The summed E-state index contributed by atoms with van der Waals surface area (Å²) in [7, 11) is 3.10. The molecule has 1 unspecified atom stereocenters. The number of fused-ring (bicyclic) bond motifs is 1. The first kappa shape index (κ1) is 16.1. The van der Waals surface area contributed by atoms with Gasteiger partial charge in [-0.3, -0.25) is 14.8 Å². The first-order valence-corrected chi connectivity index (χ1v) is 8.05. The number of hydrogen-bond acceptors (Lipinski definition) is 6. The number of aromatic amines is 1. The van der Waals surface area contributed by atoms with E-state index >= 15 is 0 Å². The third kappa shape index (κ3) is 2.38. The Morgan fingerprint density at radius 1 is 1.19 bits per heavy atom. The van der Waals surface area contributed by atoms with Gasteiger partial charge in [0.2, 0.25) is 0 Å². The molecule has 3 aromatic heterocycles. The maximum absolute atomic E-state index is 12.7. The smallest absolute Gasteiger partial charge is 0.260 e. The van der Waals surface area contributed by atoms with Crippen LogP contribution in [0.5, 0.6) is 11.6 Å². The van der Waals surface area contributed by atoms with Crippen LogP contribution in [-0.2, 0) is 0 Å². The molecular formula is C18H17N5O3. The van der Waals surface area contributed by atoms with E-state index in [4.69, 9.17) is 14.5 Å². The van der Waals surface area contributed by atoms with Gasteiger partial charge in [0.15, 0.2) is 5.75 Å². The van der Waals surface area contributed by atoms with Crippen molar-refractivity contribution in [2.24, 2.45) is 0 Å². The average Bonchev–Trinajstić information content (AvgIpc) is 3.28. The van der Waals surface area contributed by atoms with Crippen LogP contribution in [0.3, 0.4) is 0 Å². The van der Waals surface area contributed by atoms with Crippen molar-refractivity contribution in [3.63, 3.8) is 0 Å². The van der Waals surface area contributed by atoms with Gasteiger partial charge in [0, 0.05) is 18.0 Å². The molecule has 8 nitrogen and oxygen atoms in total. The fourth-order valence-corrected chi connectivity index (χ4v) is 3.15. The molecule has 4 heterocycles. The summed E-state index contributed by atoms with van der Waals surface area (Å²) in [5.41, 5.74) is 3.53. The summed E-state index contributed by atoms with van der Waals surface area (Å²) < 4.78 is 10.5. The van der Waals surface area contributed by atoms with Gasteiger partial charge in [0.1, 0.15) is 0 Å². The molecule has 3 aromatic rings. The van der Waals surface area contributed by atoms with Crippen molar-refractivity contribution in [2.75, 3.05) is 19.1 Å². The number of methoxy groups -OCH3 is 2.